The van der Waals surface area contributed by atoms with Crippen LogP contribution in [-0.2, 0) is 6.42 Å². The average Bonchev–Trinajstić information content (AvgIpc) is 2.18. The van der Waals surface area contributed by atoms with Crippen LogP contribution in [0.2, 0.25) is 0 Å². The summed E-state index contributed by atoms with van der Waals surface area (Å²) in [6.45, 7) is 0. The van der Waals surface area contributed by atoms with Crippen LogP contribution >= 0.6 is 0 Å². The number of rotatable bonds is 1. The molecule has 0 spiro atoms. The van der Waals surface area contributed by atoms with E-state index in [-0.39, 0.29) is 0 Å². The smallest absolute Gasteiger partial charge is 0.335 e. The summed E-state index contributed by atoms with van der Waals surface area (Å²) < 4.78 is 0. The average molecular weight is 189 g/mol. The third-order valence-corrected chi connectivity index (χ3v) is 2.38. The topological polar surface area (TPSA) is 40.5 Å². The quantitative estimate of drug-likeness (QED) is 0.733. The number of anilines is 1. The summed E-state index contributed by atoms with van der Waals surface area (Å²) in [4.78, 5) is 12.7. The van der Waals surface area contributed by atoms with Crippen LogP contribution in [0.15, 0.2) is 30.5 Å². The van der Waals surface area contributed by atoms with Gasteiger partial charge in [-0.3, -0.25) is 0 Å². The number of carboxylic acid groups (broad SMARTS) is 1. The van der Waals surface area contributed by atoms with Crippen molar-refractivity contribution >= 4 is 11.7 Å². The number of hydrogen-bond acceptors (Lipinski definition) is 2. The fourth-order valence-corrected chi connectivity index (χ4v) is 1.62. The second kappa shape index (κ2) is 3.18. The maximum Gasteiger partial charge on any atom is 0.335 e. The number of hydrogen-bond donors (Lipinski definition) is 1. The minimum absolute atomic E-state index is 0.339. The van der Waals surface area contributed by atoms with Gasteiger partial charge in [0.05, 0.1) is 5.56 Å². The molecule has 0 fully saturated rings. The Labute approximate surface area is 82.3 Å². The zero-order valence-electron chi connectivity index (χ0n) is 7.90. The highest BCUT2D eigenvalue weighted by atomic mass is 16.4. The van der Waals surface area contributed by atoms with Crippen LogP contribution < -0.4 is 4.90 Å². The fourth-order valence-electron chi connectivity index (χ4n) is 1.62. The Morgan fingerprint density at radius 2 is 2.29 bits per heavy atom. The summed E-state index contributed by atoms with van der Waals surface area (Å²) in [6.07, 6.45) is 4.89. The molecule has 3 heteroatoms. The van der Waals surface area contributed by atoms with E-state index in [2.05, 4.69) is 6.08 Å². The Balaban J connectivity index is 2.49. The van der Waals surface area contributed by atoms with E-state index in [4.69, 9.17) is 5.11 Å². The second-order valence-electron chi connectivity index (χ2n) is 3.35. The summed E-state index contributed by atoms with van der Waals surface area (Å²) >= 11 is 0. The van der Waals surface area contributed by atoms with Crippen molar-refractivity contribution in [3.05, 3.63) is 41.6 Å². The first kappa shape index (κ1) is 8.81. The molecule has 0 radical (unpaired) electrons. The molecule has 0 amide bonds. The Morgan fingerprint density at radius 3 is 3.00 bits per heavy atom. The first-order chi connectivity index (χ1) is 6.68. The van der Waals surface area contributed by atoms with E-state index in [0.717, 1.165) is 12.1 Å². The standard InChI is InChI=1S/C11H11NO2/c1-12-6-2-3-8-4-5-9(11(13)14)7-10(8)12/h2,4-7H,3H2,1H3,(H,13,14). The summed E-state index contributed by atoms with van der Waals surface area (Å²) in [5.41, 5.74) is 2.48. The van der Waals surface area contributed by atoms with E-state index in [1.807, 2.05) is 24.2 Å². The van der Waals surface area contributed by atoms with Gasteiger partial charge in [-0.1, -0.05) is 12.1 Å². The molecule has 0 unspecified atom stereocenters. The first-order valence-electron chi connectivity index (χ1n) is 4.44. The minimum Gasteiger partial charge on any atom is -0.478 e. The van der Waals surface area contributed by atoms with Crippen LogP contribution in [-0.4, -0.2) is 18.1 Å². The third kappa shape index (κ3) is 1.37. The maximum absolute atomic E-state index is 10.8. The molecule has 0 aromatic heterocycles. The molecule has 1 aliphatic heterocycles. The Hall–Kier alpha value is -1.77. The summed E-state index contributed by atoms with van der Waals surface area (Å²) in [7, 11) is 1.92. The van der Waals surface area contributed by atoms with Gasteiger partial charge < -0.3 is 10.0 Å². The zero-order valence-corrected chi connectivity index (χ0v) is 7.90. The molecule has 0 aliphatic carbocycles. The number of fused-ring (bicyclic) bond motifs is 1. The molecule has 14 heavy (non-hydrogen) atoms. The molecular weight excluding hydrogens is 178 g/mol. The molecule has 0 atom stereocenters. The number of nitrogens with zero attached hydrogens (tertiary/aromatic N) is 1. The van der Waals surface area contributed by atoms with Crippen molar-refractivity contribution in [3.63, 3.8) is 0 Å². The lowest BCUT2D eigenvalue weighted by Crippen LogP contribution is -2.14. The normalized spacial score (nSPS) is 13.9. The first-order valence-corrected chi connectivity index (χ1v) is 4.44. The van der Waals surface area contributed by atoms with E-state index in [9.17, 15) is 4.79 Å². The van der Waals surface area contributed by atoms with Gasteiger partial charge in [0.15, 0.2) is 0 Å². The molecule has 1 aromatic carbocycles. The lowest BCUT2D eigenvalue weighted by molar-refractivity contribution is 0.0697. The molecule has 1 N–H and O–H groups in total. The van der Waals surface area contributed by atoms with Gasteiger partial charge in [-0.05, 0) is 24.1 Å². The van der Waals surface area contributed by atoms with Gasteiger partial charge in [-0.15, -0.1) is 0 Å². The number of carbonyl (C=O) groups is 1. The van der Waals surface area contributed by atoms with E-state index in [1.54, 1.807) is 12.1 Å². The Kier molecular flexibility index (Phi) is 2.00. The Morgan fingerprint density at radius 1 is 1.50 bits per heavy atom. The van der Waals surface area contributed by atoms with Crippen LogP contribution in [0.3, 0.4) is 0 Å². The second-order valence-corrected chi connectivity index (χ2v) is 3.35. The molecule has 0 saturated carbocycles. The van der Waals surface area contributed by atoms with E-state index in [0.29, 0.717) is 5.56 Å². The van der Waals surface area contributed by atoms with Crippen molar-refractivity contribution in [3.8, 4) is 0 Å². The van der Waals surface area contributed by atoms with E-state index < -0.39 is 5.97 Å². The van der Waals surface area contributed by atoms with Gasteiger partial charge >= 0.3 is 5.97 Å². The predicted molar refractivity (Wildman–Crippen MR) is 54.6 cm³/mol. The van der Waals surface area contributed by atoms with Gasteiger partial charge in [0.1, 0.15) is 0 Å². The van der Waals surface area contributed by atoms with Crippen LogP contribution in [0.4, 0.5) is 5.69 Å². The van der Waals surface area contributed by atoms with Crippen molar-refractivity contribution in [2.24, 2.45) is 0 Å². The third-order valence-electron chi connectivity index (χ3n) is 2.38. The van der Waals surface area contributed by atoms with Gasteiger partial charge in [0, 0.05) is 18.9 Å². The fraction of sp³-hybridized carbons (Fsp3) is 0.182. The highest BCUT2D eigenvalue weighted by Gasteiger charge is 2.12. The number of benzene rings is 1. The lowest BCUT2D eigenvalue weighted by Gasteiger charge is -2.22. The monoisotopic (exact) mass is 189 g/mol. The molecule has 2 rings (SSSR count). The van der Waals surface area contributed by atoms with Crippen LogP contribution in [0, 0.1) is 0 Å². The molecule has 1 aliphatic rings. The number of carboxylic acids is 1. The summed E-state index contributed by atoms with van der Waals surface area (Å²) in [6, 6.07) is 5.23. The van der Waals surface area contributed by atoms with Gasteiger partial charge in [0.2, 0.25) is 0 Å². The van der Waals surface area contributed by atoms with E-state index in [1.165, 1.54) is 5.56 Å². The largest absolute Gasteiger partial charge is 0.478 e. The highest BCUT2D eigenvalue weighted by molar-refractivity contribution is 5.89. The maximum atomic E-state index is 10.8. The number of aromatic carboxylic acids is 1. The van der Waals surface area contributed by atoms with Gasteiger partial charge in [0.25, 0.3) is 0 Å². The minimum atomic E-state index is -0.879. The van der Waals surface area contributed by atoms with Gasteiger partial charge in [-0.2, -0.15) is 0 Å². The number of allylic oxidation sites excluding steroid dienone is 1. The van der Waals surface area contributed by atoms with Crippen LogP contribution in [0.5, 0.6) is 0 Å². The van der Waals surface area contributed by atoms with Crippen molar-refractivity contribution in [2.75, 3.05) is 11.9 Å². The van der Waals surface area contributed by atoms with E-state index >= 15 is 0 Å². The molecule has 3 nitrogen and oxygen atoms in total. The van der Waals surface area contributed by atoms with Gasteiger partial charge in [-0.25, -0.2) is 4.79 Å². The molecule has 0 bridgehead atoms. The van der Waals surface area contributed by atoms with Crippen LogP contribution in [0.1, 0.15) is 15.9 Å². The lowest BCUT2D eigenvalue weighted by atomic mass is 10.0. The summed E-state index contributed by atoms with van der Waals surface area (Å²) in [5, 5.41) is 8.84. The van der Waals surface area contributed by atoms with Crippen molar-refractivity contribution < 1.29 is 9.90 Å². The highest BCUT2D eigenvalue weighted by Crippen LogP contribution is 2.25. The predicted octanol–water partition coefficient (Wildman–Crippen LogP) is 1.89. The van der Waals surface area contributed by atoms with Crippen LogP contribution in [0.25, 0.3) is 0 Å². The zero-order chi connectivity index (χ0) is 10.1. The SMILES string of the molecule is CN1C=CCc2ccc(C(=O)O)cc21. The molecular formula is C11H11NO2. The molecule has 72 valence electrons. The molecule has 1 heterocycles. The molecule has 0 saturated heterocycles. The summed E-state index contributed by atoms with van der Waals surface area (Å²) in [5.74, 6) is -0.879. The Bertz CT molecular complexity index is 410. The van der Waals surface area contributed by atoms with Crippen molar-refractivity contribution in [1.82, 2.24) is 0 Å². The van der Waals surface area contributed by atoms with Crippen molar-refractivity contribution in [2.45, 2.75) is 6.42 Å². The molecule has 1 aromatic rings. The van der Waals surface area contributed by atoms with Crippen molar-refractivity contribution in [1.29, 1.82) is 0 Å².